The topological polar surface area (TPSA) is 89.5 Å². The smallest absolute Gasteiger partial charge is 0.341 e. The molecule has 0 radical (unpaired) electrons. The van der Waals surface area contributed by atoms with E-state index in [-0.39, 0.29) is 23.8 Å². The number of ether oxygens (including phenoxy) is 1. The number of thiophene rings is 1. The molecule has 1 N–H and O–H groups in total. The first kappa shape index (κ1) is 20.0. The van der Waals surface area contributed by atoms with Gasteiger partial charge in [-0.15, -0.1) is 11.3 Å². The Morgan fingerprint density at radius 3 is 2.39 bits per heavy atom. The number of benzene rings is 2. The Labute approximate surface area is 167 Å². The fraction of sp³-hybridized carbons (Fsp3) is 0.200. The first-order valence-electron chi connectivity index (χ1n) is 8.57. The van der Waals surface area contributed by atoms with Gasteiger partial charge in [-0.05, 0) is 30.7 Å². The average molecular weight is 418 g/mol. The summed E-state index contributed by atoms with van der Waals surface area (Å²) in [6, 6.07) is 13.5. The Morgan fingerprint density at radius 1 is 1.07 bits per heavy atom. The largest absolute Gasteiger partial charge is 0.462 e. The summed E-state index contributed by atoms with van der Waals surface area (Å²) in [6.45, 7) is 1.97. The minimum Gasteiger partial charge on any atom is -0.462 e. The number of rotatable bonds is 6. The van der Waals surface area contributed by atoms with Crippen LogP contribution < -0.4 is 5.32 Å². The van der Waals surface area contributed by atoms with Gasteiger partial charge in [-0.2, -0.15) is 0 Å². The SMILES string of the molecule is CCOC(=O)c1c(NC(=O)Cc2ccc(S(C)(=O)=O)cc2)sc2ccccc12. The van der Waals surface area contributed by atoms with E-state index in [1.165, 1.54) is 23.5 Å². The van der Waals surface area contributed by atoms with E-state index in [2.05, 4.69) is 5.32 Å². The molecule has 146 valence electrons. The zero-order chi connectivity index (χ0) is 20.3. The molecule has 3 aromatic rings. The number of hydrogen-bond acceptors (Lipinski definition) is 6. The molecule has 0 saturated heterocycles. The lowest BCUT2D eigenvalue weighted by Crippen LogP contribution is -2.16. The molecule has 0 aliphatic heterocycles. The molecule has 0 unspecified atom stereocenters. The summed E-state index contributed by atoms with van der Waals surface area (Å²) in [5, 5.41) is 3.97. The minimum atomic E-state index is -3.28. The van der Waals surface area contributed by atoms with Gasteiger partial charge in [-0.1, -0.05) is 30.3 Å². The monoisotopic (exact) mass is 417 g/mol. The molecule has 1 aromatic heterocycles. The number of esters is 1. The third-order valence-corrected chi connectivity index (χ3v) is 6.26. The van der Waals surface area contributed by atoms with Gasteiger partial charge in [0.15, 0.2) is 9.84 Å². The summed E-state index contributed by atoms with van der Waals surface area (Å²) in [4.78, 5) is 25.1. The lowest BCUT2D eigenvalue weighted by atomic mass is 10.1. The number of fused-ring (bicyclic) bond motifs is 1. The van der Waals surface area contributed by atoms with E-state index in [0.29, 0.717) is 16.1 Å². The number of carbonyl (C=O) groups excluding carboxylic acids is 2. The molecule has 0 aliphatic carbocycles. The zero-order valence-corrected chi connectivity index (χ0v) is 17.0. The van der Waals surface area contributed by atoms with Gasteiger partial charge < -0.3 is 10.1 Å². The highest BCUT2D eigenvalue weighted by molar-refractivity contribution is 7.90. The summed E-state index contributed by atoms with van der Waals surface area (Å²) < 4.78 is 29.1. The van der Waals surface area contributed by atoms with E-state index < -0.39 is 15.8 Å². The second kappa shape index (κ2) is 8.12. The van der Waals surface area contributed by atoms with Crippen LogP contribution in [0.4, 0.5) is 5.00 Å². The predicted molar refractivity (Wildman–Crippen MR) is 110 cm³/mol. The molecule has 0 spiro atoms. The van der Waals surface area contributed by atoms with Crippen LogP contribution in [-0.2, 0) is 25.8 Å². The van der Waals surface area contributed by atoms with Crippen molar-refractivity contribution in [3.63, 3.8) is 0 Å². The number of carbonyl (C=O) groups is 2. The van der Waals surface area contributed by atoms with Crippen molar-refractivity contribution < 1.29 is 22.7 Å². The fourth-order valence-electron chi connectivity index (χ4n) is 2.75. The minimum absolute atomic E-state index is 0.0561. The molecule has 2 aromatic carbocycles. The van der Waals surface area contributed by atoms with Crippen LogP contribution >= 0.6 is 11.3 Å². The molecule has 1 amide bonds. The number of nitrogens with one attached hydrogen (secondary N) is 1. The second-order valence-electron chi connectivity index (χ2n) is 6.16. The molecule has 3 rings (SSSR count). The van der Waals surface area contributed by atoms with Crippen molar-refractivity contribution in [2.24, 2.45) is 0 Å². The Kier molecular flexibility index (Phi) is 5.81. The standard InChI is InChI=1S/C20H19NO5S2/c1-3-26-20(23)18-15-6-4-5-7-16(15)27-19(18)21-17(22)12-13-8-10-14(11-9-13)28(2,24)25/h4-11H,3,12H2,1-2H3,(H,21,22). The van der Waals surface area contributed by atoms with Crippen LogP contribution in [0.5, 0.6) is 0 Å². The molecule has 6 nitrogen and oxygen atoms in total. The normalized spacial score (nSPS) is 11.4. The average Bonchev–Trinajstić information content (AvgIpc) is 2.99. The molecule has 0 aliphatic rings. The van der Waals surface area contributed by atoms with Crippen molar-refractivity contribution in [3.05, 3.63) is 59.7 Å². The summed E-state index contributed by atoms with van der Waals surface area (Å²) in [6.07, 6.45) is 1.19. The van der Waals surface area contributed by atoms with E-state index in [0.717, 1.165) is 16.3 Å². The van der Waals surface area contributed by atoms with Crippen LogP contribution in [0.3, 0.4) is 0 Å². The van der Waals surface area contributed by atoms with E-state index in [1.807, 2.05) is 24.3 Å². The van der Waals surface area contributed by atoms with E-state index in [1.54, 1.807) is 19.1 Å². The van der Waals surface area contributed by atoms with Crippen molar-refractivity contribution in [2.75, 3.05) is 18.2 Å². The van der Waals surface area contributed by atoms with Gasteiger partial charge in [-0.3, -0.25) is 4.79 Å². The number of amides is 1. The lowest BCUT2D eigenvalue weighted by molar-refractivity contribution is -0.115. The van der Waals surface area contributed by atoms with Gasteiger partial charge in [0.1, 0.15) is 10.6 Å². The highest BCUT2D eigenvalue weighted by Gasteiger charge is 2.21. The number of hydrogen-bond donors (Lipinski definition) is 1. The Hall–Kier alpha value is -2.71. The van der Waals surface area contributed by atoms with Gasteiger partial charge in [0, 0.05) is 16.3 Å². The van der Waals surface area contributed by atoms with E-state index >= 15 is 0 Å². The molecule has 0 bridgehead atoms. The maximum absolute atomic E-state index is 12.5. The Balaban J connectivity index is 1.83. The van der Waals surface area contributed by atoms with Gasteiger partial charge in [0.2, 0.25) is 5.91 Å². The number of sulfone groups is 1. The molecule has 28 heavy (non-hydrogen) atoms. The summed E-state index contributed by atoms with van der Waals surface area (Å²) >= 11 is 1.31. The van der Waals surface area contributed by atoms with Crippen LogP contribution in [0.1, 0.15) is 22.8 Å². The van der Waals surface area contributed by atoms with Crippen LogP contribution in [0.25, 0.3) is 10.1 Å². The van der Waals surface area contributed by atoms with Gasteiger partial charge in [0.05, 0.1) is 17.9 Å². The van der Waals surface area contributed by atoms with Crippen molar-refractivity contribution >= 4 is 48.1 Å². The van der Waals surface area contributed by atoms with Gasteiger partial charge >= 0.3 is 5.97 Å². The molecule has 8 heteroatoms. The van der Waals surface area contributed by atoms with Gasteiger partial charge in [-0.25, -0.2) is 13.2 Å². The quantitative estimate of drug-likeness (QED) is 0.618. The molecular weight excluding hydrogens is 398 g/mol. The lowest BCUT2D eigenvalue weighted by Gasteiger charge is -2.07. The summed E-state index contributed by atoms with van der Waals surface area (Å²) in [5.41, 5.74) is 1.02. The van der Waals surface area contributed by atoms with Crippen molar-refractivity contribution in [2.45, 2.75) is 18.2 Å². The maximum atomic E-state index is 12.5. The molecular formula is C20H19NO5S2. The van der Waals surface area contributed by atoms with Crippen molar-refractivity contribution in [1.29, 1.82) is 0 Å². The number of anilines is 1. The second-order valence-corrected chi connectivity index (χ2v) is 9.23. The zero-order valence-electron chi connectivity index (χ0n) is 15.4. The third kappa shape index (κ3) is 4.40. The Bertz CT molecular complexity index is 1130. The van der Waals surface area contributed by atoms with Crippen LogP contribution in [0.2, 0.25) is 0 Å². The highest BCUT2D eigenvalue weighted by Crippen LogP contribution is 2.36. The third-order valence-electron chi connectivity index (χ3n) is 4.04. The maximum Gasteiger partial charge on any atom is 0.341 e. The van der Waals surface area contributed by atoms with Crippen LogP contribution in [-0.4, -0.2) is 33.2 Å². The molecule has 0 saturated carbocycles. The van der Waals surface area contributed by atoms with Crippen LogP contribution in [0, 0.1) is 0 Å². The first-order chi connectivity index (χ1) is 13.3. The van der Waals surface area contributed by atoms with Gasteiger partial charge in [0.25, 0.3) is 0 Å². The van der Waals surface area contributed by atoms with Crippen LogP contribution in [0.15, 0.2) is 53.4 Å². The van der Waals surface area contributed by atoms with E-state index in [9.17, 15) is 18.0 Å². The first-order valence-corrected chi connectivity index (χ1v) is 11.3. The summed E-state index contributed by atoms with van der Waals surface area (Å²) in [7, 11) is -3.28. The van der Waals surface area contributed by atoms with E-state index in [4.69, 9.17) is 4.74 Å². The predicted octanol–water partition coefficient (Wildman–Crippen LogP) is 3.66. The van der Waals surface area contributed by atoms with Crippen molar-refractivity contribution in [3.8, 4) is 0 Å². The Morgan fingerprint density at radius 2 is 1.75 bits per heavy atom. The summed E-state index contributed by atoms with van der Waals surface area (Å²) in [5.74, 6) is -0.781. The molecule has 0 atom stereocenters. The van der Waals surface area contributed by atoms with Crippen molar-refractivity contribution in [1.82, 2.24) is 0 Å². The fourth-order valence-corrected chi connectivity index (χ4v) is 4.49. The molecule has 1 heterocycles. The molecule has 0 fully saturated rings. The highest BCUT2D eigenvalue weighted by atomic mass is 32.2.